The topological polar surface area (TPSA) is 32.5 Å². The third-order valence-electron chi connectivity index (χ3n) is 3.03. The van der Waals surface area contributed by atoms with Gasteiger partial charge in [0.1, 0.15) is 0 Å². The molecular weight excluding hydrogens is 254 g/mol. The van der Waals surface area contributed by atoms with E-state index in [0.29, 0.717) is 12.6 Å². The molecule has 0 spiro atoms. The van der Waals surface area contributed by atoms with Gasteiger partial charge in [-0.1, -0.05) is 6.07 Å². The molecule has 15 heavy (non-hydrogen) atoms. The number of benzene rings is 1. The third kappa shape index (κ3) is 1.72. The van der Waals surface area contributed by atoms with Crippen LogP contribution in [0, 0.1) is 0 Å². The summed E-state index contributed by atoms with van der Waals surface area (Å²) in [7, 11) is 4.22. The fraction of sp³-hybridized carbons (Fsp3) is 0.455. The molecule has 0 aromatic heterocycles. The Balaban J connectivity index is 2.49. The molecule has 1 aromatic carbocycles. The zero-order valence-electron chi connectivity index (χ0n) is 9.07. The van der Waals surface area contributed by atoms with Crippen molar-refractivity contribution >= 4 is 27.3 Å². The molecule has 0 aliphatic carbocycles. The molecule has 4 heteroatoms. The number of likely N-dealkylation sites (N-methyl/N-ethyl adjacent to an activating group) is 2. The Morgan fingerprint density at radius 1 is 1.47 bits per heavy atom. The van der Waals surface area contributed by atoms with Crippen LogP contribution in [0.4, 0.5) is 11.4 Å². The van der Waals surface area contributed by atoms with Gasteiger partial charge in [0.15, 0.2) is 0 Å². The maximum absolute atomic E-state index is 5.77. The van der Waals surface area contributed by atoms with Gasteiger partial charge in [-0.3, -0.25) is 0 Å². The van der Waals surface area contributed by atoms with E-state index in [4.69, 9.17) is 5.73 Å². The van der Waals surface area contributed by atoms with E-state index < -0.39 is 0 Å². The quantitative estimate of drug-likeness (QED) is 0.842. The highest BCUT2D eigenvalue weighted by Crippen LogP contribution is 2.39. The first-order chi connectivity index (χ1) is 7.15. The van der Waals surface area contributed by atoms with Gasteiger partial charge in [-0.2, -0.15) is 0 Å². The van der Waals surface area contributed by atoms with Crippen LogP contribution < -0.4 is 15.5 Å². The summed E-state index contributed by atoms with van der Waals surface area (Å²) >= 11 is 3.59. The zero-order valence-corrected chi connectivity index (χ0v) is 10.7. The minimum atomic E-state index is 0.400. The summed E-state index contributed by atoms with van der Waals surface area (Å²) in [5.74, 6) is 0. The average Bonchev–Trinajstić information content (AvgIpc) is 2.23. The molecule has 0 amide bonds. The van der Waals surface area contributed by atoms with Crippen molar-refractivity contribution in [3.8, 4) is 0 Å². The summed E-state index contributed by atoms with van der Waals surface area (Å²) in [6.45, 7) is 1.66. The van der Waals surface area contributed by atoms with Crippen LogP contribution in [-0.2, 0) is 0 Å². The fourth-order valence-electron chi connectivity index (χ4n) is 2.13. The van der Waals surface area contributed by atoms with Crippen LogP contribution in [0.25, 0.3) is 0 Å². The Morgan fingerprint density at radius 2 is 2.20 bits per heavy atom. The molecule has 1 atom stereocenters. The van der Waals surface area contributed by atoms with Crippen LogP contribution in [-0.4, -0.2) is 33.2 Å². The molecule has 1 aromatic rings. The van der Waals surface area contributed by atoms with Gasteiger partial charge in [0.05, 0.1) is 17.4 Å². The van der Waals surface area contributed by atoms with Crippen molar-refractivity contribution in [1.29, 1.82) is 0 Å². The fourth-order valence-corrected chi connectivity index (χ4v) is 2.78. The van der Waals surface area contributed by atoms with E-state index in [1.807, 2.05) is 0 Å². The Kier molecular flexibility index (Phi) is 2.89. The zero-order chi connectivity index (χ0) is 11.0. The van der Waals surface area contributed by atoms with Crippen LogP contribution in [0.5, 0.6) is 0 Å². The monoisotopic (exact) mass is 269 g/mol. The maximum atomic E-state index is 5.77. The standard InChI is InChI=1S/C11H16BrN3/c1-14-7-8(6-13)15(2)10-5-3-4-9(12)11(10)14/h3-5,8H,6-7,13H2,1-2H3. The summed E-state index contributed by atoms with van der Waals surface area (Å²) in [4.78, 5) is 4.52. The molecule has 0 bridgehead atoms. The number of rotatable bonds is 1. The lowest BCUT2D eigenvalue weighted by Gasteiger charge is -2.41. The van der Waals surface area contributed by atoms with Gasteiger partial charge in [-0.05, 0) is 28.1 Å². The number of anilines is 2. The summed E-state index contributed by atoms with van der Waals surface area (Å²) in [5.41, 5.74) is 8.27. The number of fused-ring (bicyclic) bond motifs is 1. The molecular formula is C11H16BrN3. The lowest BCUT2D eigenvalue weighted by Crippen LogP contribution is -2.49. The molecule has 0 saturated heterocycles. The number of hydrogen-bond acceptors (Lipinski definition) is 3. The predicted octanol–water partition coefficient (Wildman–Crippen LogP) is 1.66. The number of para-hydroxylation sites is 1. The van der Waals surface area contributed by atoms with Gasteiger partial charge in [0.2, 0.25) is 0 Å². The van der Waals surface area contributed by atoms with Crippen LogP contribution in [0.3, 0.4) is 0 Å². The maximum Gasteiger partial charge on any atom is 0.0746 e. The van der Waals surface area contributed by atoms with Gasteiger partial charge in [-0.15, -0.1) is 0 Å². The van der Waals surface area contributed by atoms with Crippen LogP contribution in [0.2, 0.25) is 0 Å². The Hall–Kier alpha value is -0.740. The van der Waals surface area contributed by atoms with Crippen molar-refractivity contribution in [2.75, 3.05) is 37.0 Å². The van der Waals surface area contributed by atoms with Gasteiger partial charge < -0.3 is 15.5 Å². The van der Waals surface area contributed by atoms with Gasteiger partial charge >= 0.3 is 0 Å². The van der Waals surface area contributed by atoms with Crippen LogP contribution in [0.15, 0.2) is 22.7 Å². The molecule has 3 nitrogen and oxygen atoms in total. The third-order valence-corrected chi connectivity index (χ3v) is 3.67. The number of halogens is 1. The second-order valence-electron chi connectivity index (χ2n) is 3.99. The van der Waals surface area contributed by atoms with Crippen molar-refractivity contribution in [2.45, 2.75) is 6.04 Å². The first-order valence-electron chi connectivity index (χ1n) is 5.07. The lowest BCUT2D eigenvalue weighted by atomic mass is 10.1. The highest BCUT2D eigenvalue weighted by Gasteiger charge is 2.26. The van der Waals surface area contributed by atoms with E-state index in [9.17, 15) is 0 Å². The smallest absolute Gasteiger partial charge is 0.0746 e. The molecule has 1 aliphatic rings. The minimum Gasteiger partial charge on any atom is -0.370 e. The van der Waals surface area contributed by atoms with Crippen molar-refractivity contribution < 1.29 is 0 Å². The first kappa shape index (κ1) is 10.8. The molecule has 2 rings (SSSR count). The molecule has 0 saturated carbocycles. The minimum absolute atomic E-state index is 0.400. The van der Waals surface area contributed by atoms with E-state index >= 15 is 0 Å². The van der Waals surface area contributed by atoms with Crippen molar-refractivity contribution in [3.05, 3.63) is 22.7 Å². The SMILES string of the molecule is CN1CC(CN)N(C)c2cccc(Br)c21. The summed E-state index contributed by atoms with van der Waals surface area (Å²) < 4.78 is 1.14. The summed E-state index contributed by atoms with van der Waals surface area (Å²) in [5, 5.41) is 0. The lowest BCUT2D eigenvalue weighted by molar-refractivity contribution is 0.609. The molecule has 1 heterocycles. The Labute approximate surface area is 99.0 Å². The molecule has 2 N–H and O–H groups in total. The highest BCUT2D eigenvalue weighted by molar-refractivity contribution is 9.10. The molecule has 0 radical (unpaired) electrons. The first-order valence-corrected chi connectivity index (χ1v) is 5.87. The second kappa shape index (κ2) is 4.02. The normalized spacial score (nSPS) is 20.4. The van der Waals surface area contributed by atoms with Crippen LogP contribution in [0.1, 0.15) is 0 Å². The van der Waals surface area contributed by atoms with Crippen LogP contribution >= 0.6 is 15.9 Å². The molecule has 82 valence electrons. The van der Waals surface area contributed by atoms with Gasteiger partial charge in [0, 0.05) is 31.7 Å². The van der Waals surface area contributed by atoms with Gasteiger partial charge in [0.25, 0.3) is 0 Å². The van der Waals surface area contributed by atoms with E-state index in [0.717, 1.165) is 11.0 Å². The molecule has 1 unspecified atom stereocenters. The number of nitrogens with two attached hydrogens (primary N) is 1. The highest BCUT2D eigenvalue weighted by atomic mass is 79.9. The van der Waals surface area contributed by atoms with Crippen molar-refractivity contribution in [3.63, 3.8) is 0 Å². The summed E-state index contributed by atoms with van der Waals surface area (Å²) in [6.07, 6.45) is 0. The van der Waals surface area contributed by atoms with E-state index in [1.165, 1.54) is 11.4 Å². The van der Waals surface area contributed by atoms with E-state index in [-0.39, 0.29) is 0 Å². The average molecular weight is 270 g/mol. The number of hydrogen-bond donors (Lipinski definition) is 1. The summed E-state index contributed by atoms with van der Waals surface area (Å²) in [6, 6.07) is 6.67. The van der Waals surface area contributed by atoms with Gasteiger partial charge in [-0.25, -0.2) is 0 Å². The van der Waals surface area contributed by atoms with Crippen molar-refractivity contribution in [1.82, 2.24) is 0 Å². The Bertz CT molecular complexity index is 367. The largest absolute Gasteiger partial charge is 0.370 e. The molecule has 0 fully saturated rings. The van der Waals surface area contributed by atoms with Crippen molar-refractivity contribution in [2.24, 2.45) is 5.73 Å². The Morgan fingerprint density at radius 3 is 2.87 bits per heavy atom. The molecule has 1 aliphatic heterocycles. The predicted molar refractivity (Wildman–Crippen MR) is 68.7 cm³/mol. The van der Waals surface area contributed by atoms with E-state index in [2.05, 4.69) is 58.0 Å². The second-order valence-corrected chi connectivity index (χ2v) is 4.84. The number of nitrogens with zero attached hydrogens (tertiary/aromatic N) is 2. The van der Waals surface area contributed by atoms with E-state index in [1.54, 1.807) is 0 Å².